The van der Waals surface area contributed by atoms with Gasteiger partial charge in [0.2, 0.25) is 5.91 Å². The molecule has 1 unspecified atom stereocenters. The van der Waals surface area contributed by atoms with Crippen LogP contribution in [0.5, 0.6) is 0 Å². The molecule has 1 aromatic heterocycles. The lowest BCUT2D eigenvalue weighted by Gasteiger charge is -2.36. The summed E-state index contributed by atoms with van der Waals surface area (Å²) in [6.45, 7) is 4.44. The third-order valence-electron chi connectivity index (χ3n) is 4.45. The van der Waals surface area contributed by atoms with Crippen LogP contribution in [-0.2, 0) is 11.2 Å². The molecule has 0 bridgehead atoms. The molecule has 0 saturated carbocycles. The highest BCUT2D eigenvalue weighted by atomic mass is 32.1. The van der Waals surface area contributed by atoms with Crippen LogP contribution >= 0.6 is 11.3 Å². The lowest BCUT2D eigenvalue weighted by Crippen LogP contribution is -2.51. The van der Waals surface area contributed by atoms with Crippen molar-refractivity contribution in [3.05, 3.63) is 58.3 Å². The number of hydrogen-bond donors (Lipinski definition) is 0. The monoisotopic (exact) mass is 342 g/mol. The first-order valence-electron chi connectivity index (χ1n) is 8.29. The maximum atomic E-state index is 12.6. The topological polar surface area (TPSA) is 40.6 Å². The molecule has 2 amide bonds. The number of thiophene rings is 1. The maximum Gasteiger partial charge on any atom is 0.254 e. The third-order valence-corrected chi connectivity index (χ3v) is 5.14. The van der Waals surface area contributed by atoms with Crippen LogP contribution in [0, 0.1) is 5.92 Å². The zero-order chi connectivity index (χ0) is 16.9. The van der Waals surface area contributed by atoms with Crippen molar-refractivity contribution in [2.75, 3.05) is 26.2 Å². The Bertz CT molecular complexity index is 677. The molecule has 4 nitrogen and oxygen atoms in total. The van der Waals surface area contributed by atoms with Crippen molar-refractivity contribution in [2.24, 2.45) is 5.92 Å². The van der Waals surface area contributed by atoms with E-state index in [1.165, 1.54) is 16.9 Å². The average molecular weight is 342 g/mol. The lowest BCUT2D eigenvalue weighted by molar-refractivity contribution is -0.136. The van der Waals surface area contributed by atoms with Gasteiger partial charge in [-0.2, -0.15) is 11.3 Å². The van der Waals surface area contributed by atoms with Gasteiger partial charge in [0.05, 0.1) is 5.56 Å². The fraction of sp³-hybridized carbons (Fsp3) is 0.368. The van der Waals surface area contributed by atoms with Gasteiger partial charge >= 0.3 is 0 Å². The maximum absolute atomic E-state index is 12.6. The Hall–Kier alpha value is -2.14. The number of rotatable bonds is 4. The summed E-state index contributed by atoms with van der Waals surface area (Å²) in [6.07, 6.45) is 0.758. The molecule has 2 aromatic rings. The predicted octanol–water partition coefficient (Wildman–Crippen LogP) is 2.91. The zero-order valence-corrected chi connectivity index (χ0v) is 14.7. The second-order valence-corrected chi connectivity index (χ2v) is 7.00. The summed E-state index contributed by atoms with van der Waals surface area (Å²) >= 11 is 1.53. The molecule has 1 atom stereocenters. The summed E-state index contributed by atoms with van der Waals surface area (Å²) < 4.78 is 0. The second-order valence-electron chi connectivity index (χ2n) is 6.22. The van der Waals surface area contributed by atoms with Crippen molar-refractivity contribution in [3.63, 3.8) is 0 Å². The number of benzene rings is 1. The van der Waals surface area contributed by atoms with E-state index in [0.29, 0.717) is 26.2 Å². The predicted molar refractivity (Wildman–Crippen MR) is 96.1 cm³/mol. The van der Waals surface area contributed by atoms with Crippen LogP contribution in [-0.4, -0.2) is 47.8 Å². The lowest BCUT2D eigenvalue weighted by atomic mass is 9.99. The highest BCUT2D eigenvalue weighted by Gasteiger charge is 2.27. The molecule has 0 aliphatic carbocycles. The van der Waals surface area contributed by atoms with Crippen molar-refractivity contribution in [2.45, 2.75) is 13.3 Å². The van der Waals surface area contributed by atoms with E-state index in [1.807, 2.05) is 51.7 Å². The number of piperazine rings is 1. The number of hydrogen-bond acceptors (Lipinski definition) is 3. The Morgan fingerprint density at radius 2 is 1.71 bits per heavy atom. The average Bonchev–Trinajstić information content (AvgIpc) is 3.16. The third kappa shape index (κ3) is 3.85. The molecule has 0 radical (unpaired) electrons. The zero-order valence-electron chi connectivity index (χ0n) is 13.9. The smallest absolute Gasteiger partial charge is 0.254 e. The van der Waals surface area contributed by atoms with Gasteiger partial charge in [0.25, 0.3) is 5.91 Å². The molecule has 1 aromatic carbocycles. The minimum Gasteiger partial charge on any atom is -0.339 e. The Kier molecular flexibility index (Phi) is 5.30. The van der Waals surface area contributed by atoms with Crippen LogP contribution in [0.25, 0.3) is 0 Å². The molecule has 24 heavy (non-hydrogen) atoms. The van der Waals surface area contributed by atoms with Crippen LogP contribution in [0.15, 0.2) is 47.2 Å². The van der Waals surface area contributed by atoms with Crippen LogP contribution in [0.3, 0.4) is 0 Å². The summed E-state index contributed by atoms with van der Waals surface area (Å²) in [4.78, 5) is 28.7. The highest BCUT2D eigenvalue weighted by molar-refractivity contribution is 7.08. The van der Waals surface area contributed by atoms with E-state index in [1.54, 1.807) is 0 Å². The molecule has 0 N–H and O–H groups in total. The second kappa shape index (κ2) is 7.62. The number of carbonyl (C=O) groups is 2. The molecule has 3 rings (SSSR count). The number of carbonyl (C=O) groups excluding carboxylic acids is 2. The fourth-order valence-corrected chi connectivity index (χ4v) is 3.70. The minimum atomic E-state index is -0.0356. The summed E-state index contributed by atoms with van der Waals surface area (Å²) in [5.74, 6) is 0.216. The molecule has 5 heteroatoms. The molecule has 1 aliphatic rings. The van der Waals surface area contributed by atoms with Gasteiger partial charge in [-0.1, -0.05) is 37.3 Å². The van der Waals surface area contributed by atoms with Crippen LogP contribution in [0.4, 0.5) is 0 Å². The van der Waals surface area contributed by atoms with Crippen LogP contribution in [0.1, 0.15) is 22.8 Å². The highest BCUT2D eigenvalue weighted by Crippen LogP contribution is 2.15. The largest absolute Gasteiger partial charge is 0.339 e. The van der Waals surface area contributed by atoms with Crippen molar-refractivity contribution in [1.29, 1.82) is 0 Å². The van der Waals surface area contributed by atoms with Gasteiger partial charge in [-0.15, -0.1) is 0 Å². The van der Waals surface area contributed by atoms with Crippen LogP contribution in [0.2, 0.25) is 0 Å². The Morgan fingerprint density at radius 1 is 1.04 bits per heavy atom. The molecule has 1 saturated heterocycles. The summed E-state index contributed by atoms with van der Waals surface area (Å²) in [5.41, 5.74) is 1.93. The summed E-state index contributed by atoms with van der Waals surface area (Å²) in [5, 5.41) is 3.79. The first-order valence-corrected chi connectivity index (χ1v) is 9.23. The quantitative estimate of drug-likeness (QED) is 0.857. The Balaban J connectivity index is 1.52. The van der Waals surface area contributed by atoms with E-state index >= 15 is 0 Å². The van der Waals surface area contributed by atoms with Crippen molar-refractivity contribution in [1.82, 2.24) is 9.80 Å². The van der Waals surface area contributed by atoms with Crippen molar-refractivity contribution >= 4 is 23.2 Å². The normalized spacial score (nSPS) is 16.0. The van der Waals surface area contributed by atoms with Gasteiger partial charge in [0, 0.05) is 37.5 Å². The molecular weight excluding hydrogens is 320 g/mol. The van der Waals surface area contributed by atoms with E-state index in [-0.39, 0.29) is 17.7 Å². The van der Waals surface area contributed by atoms with Crippen molar-refractivity contribution < 1.29 is 9.59 Å². The van der Waals surface area contributed by atoms with Gasteiger partial charge in [-0.25, -0.2) is 0 Å². The standard InChI is InChI=1S/C19H22N2O2S/c1-15(13-16-5-3-2-4-6-16)18(22)20-8-10-21(11-9-20)19(23)17-7-12-24-14-17/h2-7,12,14-15H,8-11,13H2,1H3. The summed E-state index contributed by atoms with van der Waals surface area (Å²) in [7, 11) is 0. The van der Waals surface area contributed by atoms with Gasteiger partial charge in [-0.05, 0) is 23.4 Å². The Labute approximate surface area is 146 Å². The molecule has 126 valence electrons. The molecular formula is C19H22N2O2S. The summed E-state index contributed by atoms with van der Waals surface area (Å²) in [6, 6.07) is 12.0. The molecule has 1 aliphatic heterocycles. The number of amides is 2. The van der Waals surface area contributed by atoms with E-state index in [2.05, 4.69) is 12.1 Å². The Morgan fingerprint density at radius 3 is 2.33 bits per heavy atom. The first kappa shape index (κ1) is 16.7. The number of nitrogens with zero attached hydrogens (tertiary/aromatic N) is 2. The van der Waals surface area contributed by atoms with E-state index in [0.717, 1.165) is 12.0 Å². The van der Waals surface area contributed by atoms with E-state index in [4.69, 9.17) is 0 Å². The fourth-order valence-electron chi connectivity index (χ4n) is 3.07. The minimum absolute atomic E-state index is 0.0356. The van der Waals surface area contributed by atoms with Crippen molar-refractivity contribution in [3.8, 4) is 0 Å². The van der Waals surface area contributed by atoms with Gasteiger partial charge in [-0.3, -0.25) is 9.59 Å². The SMILES string of the molecule is CC(Cc1ccccc1)C(=O)N1CCN(C(=O)c2ccsc2)CC1. The van der Waals surface area contributed by atoms with E-state index in [9.17, 15) is 9.59 Å². The molecule has 1 fully saturated rings. The van der Waals surface area contributed by atoms with E-state index < -0.39 is 0 Å². The molecule has 2 heterocycles. The van der Waals surface area contributed by atoms with Gasteiger partial charge < -0.3 is 9.80 Å². The van der Waals surface area contributed by atoms with Crippen LogP contribution < -0.4 is 0 Å². The molecule has 0 spiro atoms. The van der Waals surface area contributed by atoms with Gasteiger partial charge in [0.15, 0.2) is 0 Å². The van der Waals surface area contributed by atoms with Gasteiger partial charge in [0.1, 0.15) is 0 Å². The first-order chi connectivity index (χ1) is 11.6.